The van der Waals surface area contributed by atoms with Crippen molar-refractivity contribution in [2.24, 2.45) is 5.73 Å². The molecule has 0 aliphatic carbocycles. The van der Waals surface area contributed by atoms with Gasteiger partial charge in [-0.1, -0.05) is 29.3 Å². The Balaban J connectivity index is 2.10. The molecule has 1 aliphatic rings. The topological polar surface area (TPSA) is 32.5 Å². The summed E-state index contributed by atoms with van der Waals surface area (Å²) in [6.07, 6.45) is 0.710. The summed E-state index contributed by atoms with van der Waals surface area (Å²) in [6.45, 7) is 3.12. The summed E-state index contributed by atoms with van der Waals surface area (Å²) in [5.74, 6) is 0. The van der Waals surface area contributed by atoms with E-state index in [1.54, 1.807) is 0 Å². The van der Waals surface area contributed by atoms with Crippen LogP contribution >= 0.6 is 23.2 Å². The van der Waals surface area contributed by atoms with Crippen LogP contribution in [-0.4, -0.2) is 55.6 Å². The number of nitrogens with two attached hydrogens (primary N) is 1. The number of piperazine rings is 1. The Kier molecular flexibility index (Phi) is 5.09. The number of rotatable bonds is 3. The van der Waals surface area contributed by atoms with Crippen molar-refractivity contribution in [3.05, 3.63) is 33.8 Å². The highest BCUT2D eigenvalue weighted by molar-refractivity contribution is 6.36. The molecule has 2 unspecified atom stereocenters. The molecule has 19 heavy (non-hydrogen) atoms. The average Bonchev–Trinajstić information content (AvgIpc) is 2.37. The predicted molar refractivity (Wildman–Crippen MR) is 82.1 cm³/mol. The van der Waals surface area contributed by atoms with Crippen LogP contribution in [0, 0.1) is 0 Å². The second-order valence-electron chi connectivity index (χ2n) is 5.38. The van der Waals surface area contributed by atoms with Gasteiger partial charge >= 0.3 is 0 Å². The highest BCUT2D eigenvalue weighted by Gasteiger charge is 2.28. The first-order chi connectivity index (χ1) is 8.99. The Morgan fingerprint density at radius 1 is 1.26 bits per heavy atom. The predicted octanol–water partition coefficient (Wildman–Crippen LogP) is 2.11. The summed E-state index contributed by atoms with van der Waals surface area (Å²) in [5.41, 5.74) is 7.34. The van der Waals surface area contributed by atoms with Crippen LogP contribution in [0.4, 0.5) is 0 Å². The van der Waals surface area contributed by atoms with Crippen molar-refractivity contribution in [2.75, 3.05) is 33.7 Å². The number of nitrogens with zero attached hydrogens (tertiary/aromatic N) is 2. The van der Waals surface area contributed by atoms with Crippen LogP contribution in [0.5, 0.6) is 0 Å². The summed E-state index contributed by atoms with van der Waals surface area (Å²) >= 11 is 12.4. The van der Waals surface area contributed by atoms with Crippen LogP contribution in [0.3, 0.4) is 0 Å². The maximum atomic E-state index is 6.39. The third-order valence-electron chi connectivity index (χ3n) is 3.90. The minimum Gasteiger partial charge on any atom is -0.326 e. The number of likely N-dealkylation sites (N-methyl/N-ethyl adjacent to an activating group) is 2. The smallest absolute Gasteiger partial charge is 0.0453 e. The van der Waals surface area contributed by atoms with Crippen molar-refractivity contribution in [3.8, 4) is 0 Å². The lowest BCUT2D eigenvalue weighted by molar-refractivity contribution is 0.0974. The zero-order chi connectivity index (χ0) is 14.0. The molecule has 0 aromatic heterocycles. The SMILES string of the molecule is CN1CCN(C)C(C(N)Cc2c(Cl)cccc2Cl)C1. The van der Waals surface area contributed by atoms with Gasteiger partial charge in [-0.2, -0.15) is 0 Å². The minimum absolute atomic E-state index is 0.0325. The van der Waals surface area contributed by atoms with E-state index >= 15 is 0 Å². The van der Waals surface area contributed by atoms with Crippen LogP contribution in [0.15, 0.2) is 18.2 Å². The molecule has 2 atom stereocenters. The fourth-order valence-electron chi connectivity index (χ4n) is 2.61. The van der Waals surface area contributed by atoms with Crippen LogP contribution in [-0.2, 0) is 6.42 Å². The second kappa shape index (κ2) is 6.42. The maximum absolute atomic E-state index is 6.39. The van der Waals surface area contributed by atoms with E-state index in [1.165, 1.54) is 0 Å². The van der Waals surface area contributed by atoms with E-state index in [0.29, 0.717) is 22.5 Å². The van der Waals surface area contributed by atoms with Crippen LogP contribution < -0.4 is 5.73 Å². The van der Waals surface area contributed by atoms with Gasteiger partial charge in [-0.3, -0.25) is 4.90 Å². The van der Waals surface area contributed by atoms with Gasteiger partial charge in [0, 0.05) is 41.8 Å². The Morgan fingerprint density at radius 3 is 2.53 bits per heavy atom. The van der Waals surface area contributed by atoms with Crippen LogP contribution in [0.2, 0.25) is 10.0 Å². The summed E-state index contributed by atoms with van der Waals surface area (Å²) in [5, 5.41) is 1.41. The third-order valence-corrected chi connectivity index (χ3v) is 4.60. The molecule has 106 valence electrons. The molecular weight excluding hydrogens is 281 g/mol. The van der Waals surface area contributed by atoms with Crippen molar-refractivity contribution in [3.63, 3.8) is 0 Å². The van der Waals surface area contributed by atoms with E-state index in [9.17, 15) is 0 Å². The largest absolute Gasteiger partial charge is 0.326 e. The van der Waals surface area contributed by atoms with E-state index in [1.807, 2.05) is 18.2 Å². The fourth-order valence-corrected chi connectivity index (χ4v) is 3.16. The third kappa shape index (κ3) is 3.61. The molecule has 5 heteroatoms. The molecule has 1 heterocycles. The van der Waals surface area contributed by atoms with Gasteiger partial charge in [0.1, 0.15) is 0 Å². The van der Waals surface area contributed by atoms with Crippen LogP contribution in [0.1, 0.15) is 5.56 Å². The first-order valence-corrected chi connectivity index (χ1v) is 7.32. The molecule has 0 amide bonds. The molecule has 1 aromatic rings. The molecule has 0 radical (unpaired) electrons. The van der Waals surface area contributed by atoms with E-state index < -0.39 is 0 Å². The molecule has 1 saturated heterocycles. The van der Waals surface area contributed by atoms with Crippen molar-refractivity contribution < 1.29 is 0 Å². The number of hydrogen-bond acceptors (Lipinski definition) is 3. The fraction of sp³-hybridized carbons (Fsp3) is 0.571. The normalized spacial score (nSPS) is 23.5. The lowest BCUT2D eigenvalue weighted by atomic mass is 9.97. The lowest BCUT2D eigenvalue weighted by Crippen LogP contribution is -2.58. The first kappa shape index (κ1) is 15.1. The first-order valence-electron chi connectivity index (χ1n) is 6.56. The maximum Gasteiger partial charge on any atom is 0.0453 e. The molecule has 2 rings (SSSR count). The highest BCUT2D eigenvalue weighted by Crippen LogP contribution is 2.26. The lowest BCUT2D eigenvalue weighted by Gasteiger charge is -2.40. The van der Waals surface area contributed by atoms with Crippen molar-refractivity contribution in [1.82, 2.24) is 9.80 Å². The summed E-state index contributed by atoms with van der Waals surface area (Å²) in [7, 11) is 4.26. The summed E-state index contributed by atoms with van der Waals surface area (Å²) in [6, 6.07) is 5.97. The van der Waals surface area contributed by atoms with Crippen LogP contribution in [0.25, 0.3) is 0 Å². The number of benzene rings is 1. The standard InChI is InChI=1S/C14H21Cl2N3/c1-18-6-7-19(2)14(9-18)13(17)8-10-11(15)4-3-5-12(10)16/h3-5,13-14H,6-9,17H2,1-2H3. The van der Waals surface area contributed by atoms with Gasteiger partial charge in [-0.25, -0.2) is 0 Å². The zero-order valence-corrected chi connectivity index (χ0v) is 13.0. The molecule has 2 N–H and O–H groups in total. The van der Waals surface area contributed by atoms with Gasteiger partial charge < -0.3 is 10.6 Å². The van der Waals surface area contributed by atoms with Crippen molar-refractivity contribution in [1.29, 1.82) is 0 Å². The summed E-state index contributed by atoms with van der Waals surface area (Å²) < 4.78 is 0. The molecule has 0 bridgehead atoms. The van der Waals surface area contributed by atoms with Gasteiger partial charge in [-0.05, 0) is 38.2 Å². The van der Waals surface area contributed by atoms with E-state index in [0.717, 1.165) is 25.2 Å². The summed E-state index contributed by atoms with van der Waals surface area (Å²) in [4.78, 5) is 4.65. The Hall–Kier alpha value is -0.320. The average molecular weight is 302 g/mol. The Morgan fingerprint density at radius 2 is 1.89 bits per heavy atom. The van der Waals surface area contributed by atoms with Crippen molar-refractivity contribution >= 4 is 23.2 Å². The Labute approximate surface area is 125 Å². The monoisotopic (exact) mass is 301 g/mol. The highest BCUT2D eigenvalue weighted by atomic mass is 35.5. The number of halogens is 2. The van der Waals surface area contributed by atoms with Gasteiger partial charge in [0.15, 0.2) is 0 Å². The molecule has 1 aromatic carbocycles. The van der Waals surface area contributed by atoms with Crippen molar-refractivity contribution in [2.45, 2.75) is 18.5 Å². The molecule has 3 nitrogen and oxygen atoms in total. The second-order valence-corrected chi connectivity index (χ2v) is 6.19. The van der Waals surface area contributed by atoms with E-state index in [-0.39, 0.29) is 6.04 Å². The molecular formula is C14H21Cl2N3. The zero-order valence-electron chi connectivity index (χ0n) is 11.4. The van der Waals surface area contributed by atoms with Gasteiger partial charge in [0.2, 0.25) is 0 Å². The van der Waals surface area contributed by atoms with Gasteiger partial charge in [-0.15, -0.1) is 0 Å². The minimum atomic E-state index is 0.0325. The Bertz CT molecular complexity index is 418. The quantitative estimate of drug-likeness (QED) is 0.928. The molecule has 1 fully saturated rings. The van der Waals surface area contributed by atoms with Gasteiger partial charge in [0.25, 0.3) is 0 Å². The van der Waals surface area contributed by atoms with E-state index in [4.69, 9.17) is 28.9 Å². The molecule has 1 aliphatic heterocycles. The molecule has 0 spiro atoms. The number of hydrogen-bond donors (Lipinski definition) is 1. The van der Waals surface area contributed by atoms with E-state index in [2.05, 4.69) is 23.9 Å². The molecule has 0 saturated carbocycles. The van der Waals surface area contributed by atoms with Gasteiger partial charge in [0.05, 0.1) is 0 Å².